The van der Waals surface area contributed by atoms with E-state index < -0.39 is 5.91 Å². The fraction of sp³-hybridized carbons (Fsp3) is 0.267. The van der Waals surface area contributed by atoms with Gasteiger partial charge in [0, 0.05) is 30.4 Å². The van der Waals surface area contributed by atoms with Crippen LogP contribution >= 0.6 is 0 Å². The van der Waals surface area contributed by atoms with Crippen molar-refractivity contribution in [2.75, 3.05) is 13.7 Å². The summed E-state index contributed by atoms with van der Waals surface area (Å²) >= 11 is 0. The number of aromatic nitrogens is 2. The predicted molar refractivity (Wildman–Crippen MR) is 80.3 cm³/mol. The fourth-order valence-electron chi connectivity index (χ4n) is 1.93. The van der Waals surface area contributed by atoms with E-state index in [1.165, 1.54) is 0 Å². The van der Waals surface area contributed by atoms with Crippen LogP contribution in [0.3, 0.4) is 0 Å². The van der Waals surface area contributed by atoms with E-state index in [1.807, 2.05) is 6.92 Å². The maximum Gasteiger partial charge on any atom is 0.255 e. The maximum atomic E-state index is 12.3. The van der Waals surface area contributed by atoms with Gasteiger partial charge in [-0.15, -0.1) is 0 Å². The topological polar surface area (TPSA) is 101 Å². The molecule has 2 aromatic rings. The summed E-state index contributed by atoms with van der Waals surface area (Å²) in [6.07, 6.45) is 1.71. The monoisotopic (exact) mass is 302 g/mol. The number of carbonyl (C=O) groups is 2. The highest BCUT2D eigenvalue weighted by molar-refractivity contribution is 5.94. The van der Waals surface area contributed by atoms with Crippen molar-refractivity contribution in [2.45, 2.75) is 13.5 Å². The highest BCUT2D eigenvalue weighted by Crippen LogP contribution is 2.15. The fourth-order valence-corrected chi connectivity index (χ4v) is 1.93. The number of nitrogens with one attached hydrogen (secondary N) is 1. The van der Waals surface area contributed by atoms with Crippen molar-refractivity contribution >= 4 is 11.8 Å². The molecule has 0 fully saturated rings. The van der Waals surface area contributed by atoms with Crippen molar-refractivity contribution in [2.24, 2.45) is 5.73 Å². The van der Waals surface area contributed by atoms with Crippen LogP contribution in [0.15, 0.2) is 30.5 Å². The van der Waals surface area contributed by atoms with E-state index in [9.17, 15) is 9.59 Å². The summed E-state index contributed by atoms with van der Waals surface area (Å²) in [7, 11) is 1.73. The second-order valence-electron chi connectivity index (χ2n) is 4.96. The summed E-state index contributed by atoms with van der Waals surface area (Å²) in [5, 5.41) is 6.78. The molecule has 0 saturated heterocycles. The minimum absolute atomic E-state index is 0.109. The number of nitrogens with two attached hydrogens (primary N) is 1. The normalized spacial score (nSPS) is 10.3. The van der Waals surface area contributed by atoms with Gasteiger partial charge in [0.2, 0.25) is 0 Å². The van der Waals surface area contributed by atoms with Crippen LogP contribution in [-0.4, -0.2) is 40.6 Å². The first-order valence-electron chi connectivity index (χ1n) is 6.73. The molecule has 0 atom stereocenters. The van der Waals surface area contributed by atoms with Gasteiger partial charge < -0.3 is 15.4 Å². The van der Waals surface area contributed by atoms with E-state index in [4.69, 9.17) is 10.5 Å². The molecular formula is C15H18N4O3. The highest BCUT2D eigenvalue weighted by atomic mass is 16.5. The van der Waals surface area contributed by atoms with Crippen molar-refractivity contribution in [3.05, 3.63) is 47.3 Å². The van der Waals surface area contributed by atoms with Crippen LogP contribution in [0.5, 0.6) is 5.75 Å². The second-order valence-corrected chi connectivity index (χ2v) is 4.96. The van der Waals surface area contributed by atoms with Gasteiger partial charge >= 0.3 is 0 Å². The average Bonchev–Trinajstić information content (AvgIpc) is 2.90. The van der Waals surface area contributed by atoms with E-state index >= 15 is 0 Å². The third kappa shape index (κ3) is 3.85. The van der Waals surface area contributed by atoms with Crippen molar-refractivity contribution in [3.8, 4) is 5.75 Å². The first kappa shape index (κ1) is 15.6. The minimum Gasteiger partial charge on any atom is -0.484 e. The molecule has 0 aliphatic heterocycles. The van der Waals surface area contributed by atoms with Crippen LogP contribution < -0.4 is 10.5 Å². The molecule has 1 aromatic heterocycles. The van der Waals surface area contributed by atoms with Gasteiger partial charge in [0.1, 0.15) is 5.75 Å². The lowest BCUT2D eigenvalue weighted by Gasteiger charge is -2.17. The van der Waals surface area contributed by atoms with Crippen LogP contribution in [0, 0.1) is 6.92 Å². The summed E-state index contributed by atoms with van der Waals surface area (Å²) in [6, 6.07) is 6.56. The number of rotatable bonds is 6. The Kier molecular flexibility index (Phi) is 4.77. The Bertz CT molecular complexity index is 664. The maximum absolute atomic E-state index is 12.3. The summed E-state index contributed by atoms with van der Waals surface area (Å²) in [5.41, 5.74) is 7.45. The number of ether oxygens (including phenoxy) is 1. The van der Waals surface area contributed by atoms with Crippen LogP contribution in [0.25, 0.3) is 0 Å². The Morgan fingerprint density at radius 1 is 1.32 bits per heavy atom. The van der Waals surface area contributed by atoms with E-state index in [-0.39, 0.29) is 12.5 Å². The van der Waals surface area contributed by atoms with Crippen LogP contribution in [0.4, 0.5) is 0 Å². The molecule has 7 heteroatoms. The first-order chi connectivity index (χ1) is 10.5. The quantitative estimate of drug-likeness (QED) is 0.826. The Hall–Kier alpha value is -2.83. The lowest BCUT2D eigenvalue weighted by Crippen LogP contribution is -2.26. The van der Waals surface area contributed by atoms with Crippen molar-refractivity contribution in [1.82, 2.24) is 15.1 Å². The second kappa shape index (κ2) is 6.75. The molecule has 7 nitrogen and oxygen atoms in total. The van der Waals surface area contributed by atoms with Gasteiger partial charge in [0.25, 0.3) is 11.8 Å². The van der Waals surface area contributed by atoms with Crippen molar-refractivity contribution in [3.63, 3.8) is 0 Å². The van der Waals surface area contributed by atoms with Gasteiger partial charge in [-0.3, -0.25) is 14.7 Å². The standard InChI is InChI=1S/C15H18N4O3/c1-10-12(7-17-18-10)8-19(2)15(21)11-3-5-13(6-4-11)22-9-14(16)20/h3-7H,8-9H2,1-2H3,(H2,16,20)(H,17,18). The molecule has 116 valence electrons. The number of hydrogen-bond donors (Lipinski definition) is 2. The number of aromatic amines is 1. The lowest BCUT2D eigenvalue weighted by molar-refractivity contribution is -0.119. The molecule has 3 N–H and O–H groups in total. The zero-order valence-corrected chi connectivity index (χ0v) is 12.5. The van der Waals surface area contributed by atoms with Gasteiger partial charge in [0.05, 0.1) is 6.20 Å². The lowest BCUT2D eigenvalue weighted by atomic mass is 10.1. The van der Waals surface area contributed by atoms with Gasteiger partial charge in [-0.2, -0.15) is 5.10 Å². The number of hydrogen-bond acceptors (Lipinski definition) is 4. The average molecular weight is 302 g/mol. The molecule has 0 radical (unpaired) electrons. The SMILES string of the molecule is Cc1[nH]ncc1CN(C)C(=O)c1ccc(OCC(N)=O)cc1. The molecule has 22 heavy (non-hydrogen) atoms. The molecule has 0 aliphatic rings. The first-order valence-corrected chi connectivity index (χ1v) is 6.73. The molecule has 0 unspecified atom stereocenters. The number of amides is 2. The molecule has 0 bridgehead atoms. The summed E-state index contributed by atoms with van der Waals surface area (Å²) in [6.45, 7) is 2.19. The number of aryl methyl sites for hydroxylation is 1. The van der Waals surface area contributed by atoms with Crippen molar-refractivity contribution < 1.29 is 14.3 Å². The van der Waals surface area contributed by atoms with E-state index in [0.29, 0.717) is 17.9 Å². The van der Waals surface area contributed by atoms with E-state index in [0.717, 1.165) is 11.3 Å². The van der Waals surface area contributed by atoms with Crippen LogP contribution in [0.2, 0.25) is 0 Å². The third-order valence-electron chi connectivity index (χ3n) is 3.17. The van der Waals surface area contributed by atoms with Crippen LogP contribution in [-0.2, 0) is 11.3 Å². The van der Waals surface area contributed by atoms with E-state index in [1.54, 1.807) is 42.4 Å². The number of carbonyl (C=O) groups excluding carboxylic acids is 2. The zero-order chi connectivity index (χ0) is 16.1. The van der Waals surface area contributed by atoms with Gasteiger partial charge in [0.15, 0.2) is 6.61 Å². The molecule has 1 heterocycles. The van der Waals surface area contributed by atoms with Gasteiger partial charge in [-0.05, 0) is 31.2 Å². The van der Waals surface area contributed by atoms with Gasteiger partial charge in [-0.25, -0.2) is 0 Å². The molecular weight excluding hydrogens is 284 g/mol. The molecule has 1 aromatic carbocycles. The highest BCUT2D eigenvalue weighted by Gasteiger charge is 2.13. The Morgan fingerprint density at radius 3 is 2.55 bits per heavy atom. The van der Waals surface area contributed by atoms with Crippen molar-refractivity contribution in [1.29, 1.82) is 0 Å². The smallest absolute Gasteiger partial charge is 0.255 e. The number of benzene rings is 1. The Labute approximate surface area is 128 Å². The third-order valence-corrected chi connectivity index (χ3v) is 3.17. The molecule has 0 spiro atoms. The molecule has 0 aliphatic carbocycles. The predicted octanol–water partition coefficient (Wildman–Crippen LogP) is 0.854. The molecule has 0 saturated carbocycles. The largest absolute Gasteiger partial charge is 0.484 e. The summed E-state index contributed by atoms with van der Waals surface area (Å²) < 4.78 is 5.15. The minimum atomic E-state index is -0.546. The zero-order valence-electron chi connectivity index (χ0n) is 12.5. The van der Waals surface area contributed by atoms with Gasteiger partial charge in [-0.1, -0.05) is 0 Å². The molecule has 2 amide bonds. The molecule has 2 rings (SSSR count). The summed E-state index contributed by atoms with van der Waals surface area (Å²) in [4.78, 5) is 24.6. The number of nitrogens with zero attached hydrogens (tertiary/aromatic N) is 2. The van der Waals surface area contributed by atoms with E-state index in [2.05, 4.69) is 10.2 Å². The summed E-state index contributed by atoms with van der Waals surface area (Å²) in [5.74, 6) is -0.166. The number of H-pyrrole nitrogens is 1. The Balaban J connectivity index is 1.99. The Morgan fingerprint density at radius 2 is 2.00 bits per heavy atom. The number of primary amides is 1. The van der Waals surface area contributed by atoms with Crippen LogP contribution in [0.1, 0.15) is 21.6 Å².